The fraction of sp³-hybridized carbons (Fsp3) is 0.536. The third-order valence-corrected chi connectivity index (χ3v) is 9.46. The summed E-state index contributed by atoms with van der Waals surface area (Å²) in [7, 11) is -3.18. The molecule has 0 spiro atoms. The SMILES string of the molecule is CC(F)COc1cc(-n2c(=O)n([C@H](C)C(C)(C)O)c3cc(C(=O)CC4(C)CCS(=O)(=O)CC4)c(F)cc32)c(F)cn1. The maximum Gasteiger partial charge on any atom is 0.334 e. The van der Waals surface area contributed by atoms with Gasteiger partial charge in [-0.05, 0) is 52.0 Å². The van der Waals surface area contributed by atoms with Crippen LogP contribution in [0.2, 0.25) is 0 Å². The predicted octanol–water partition coefficient (Wildman–Crippen LogP) is 4.32. The van der Waals surface area contributed by atoms with Crippen molar-refractivity contribution in [2.24, 2.45) is 5.41 Å². The molecule has 13 heteroatoms. The van der Waals surface area contributed by atoms with Gasteiger partial charge >= 0.3 is 5.69 Å². The van der Waals surface area contributed by atoms with Gasteiger partial charge in [-0.15, -0.1) is 0 Å². The number of fused-ring (bicyclic) bond motifs is 1. The highest BCUT2D eigenvalue weighted by Gasteiger charge is 2.36. The first-order valence-corrected chi connectivity index (χ1v) is 15.1. The van der Waals surface area contributed by atoms with E-state index in [1.165, 1.54) is 26.8 Å². The van der Waals surface area contributed by atoms with Crippen LogP contribution in [0.5, 0.6) is 5.88 Å². The lowest BCUT2D eigenvalue weighted by molar-refractivity contribution is 0.0307. The molecule has 0 bridgehead atoms. The number of rotatable bonds is 9. The van der Waals surface area contributed by atoms with Crippen molar-refractivity contribution in [3.8, 4) is 11.6 Å². The zero-order valence-corrected chi connectivity index (χ0v) is 24.4. The number of imidazole rings is 1. The van der Waals surface area contributed by atoms with Crippen LogP contribution in [0.3, 0.4) is 0 Å². The molecule has 0 saturated carbocycles. The Morgan fingerprint density at radius 2 is 1.78 bits per heavy atom. The van der Waals surface area contributed by atoms with Gasteiger partial charge in [-0.3, -0.25) is 13.9 Å². The largest absolute Gasteiger partial charge is 0.475 e. The number of carbonyl (C=O) groups excluding carboxylic acids is 1. The van der Waals surface area contributed by atoms with Crippen LogP contribution < -0.4 is 10.4 Å². The molecule has 1 unspecified atom stereocenters. The van der Waals surface area contributed by atoms with E-state index in [0.717, 1.165) is 27.5 Å². The summed E-state index contributed by atoms with van der Waals surface area (Å²) >= 11 is 0. The number of sulfone groups is 1. The summed E-state index contributed by atoms with van der Waals surface area (Å²) in [5.74, 6) is -2.74. The van der Waals surface area contributed by atoms with Gasteiger partial charge < -0.3 is 9.84 Å². The summed E-state index contributed by atoms with van der Waals surface area (Å²) in [6.07, 6.45) is -0.137. The highest BCUT2D eigenvalue weighted by Crippen LogP contribution is 2.37. The van der Waals surface area contributed by atoms with Gasteiger partial charge in [0.2, 0.25) is 5.88 Å². The van der Waals surface area contributed by atoms with Crippen molar-refractivity contribution in [1.29, 1.82) is 0 Å². The molecule has 2 aromatic heterocycles. The Balaban J connectivity index is 1.87. The molecule has 3 aromatic rings. The van der Waals surface area contributed by atoms with Gasteiger partial charge in [-0.25, -0.2) is 31.4 Å². The number of ether oxygens (including phenoxy) is 1. The first-order chi connectivity index (χ1) is 18.9. The average Bonchev–Trinajstić information content (AvgIpc) is 3.14. The van der Waals surface area contributed by atoms with Gasteiger partial charge in [0.05, 0.1) is 51.6 Å². The predicted molar refractivity (Wildman–Crippen MR) is 147 cm³/mol. The fourth-order valence-electron chi connectivity index (χ4n) is 4.92. The number of aromatic nitrogens is 3. The van der Waals surface area contributed by atoms with Gasteiger partial charge in [0.1, 0.15) is 28.4 Å². The Labute approximate surface area is 235 Å². The molecular formula is C28H34F3N3O6S. The molecule has 1 aliphatic rings. The van der Waals surface area contributed by atoms with Gasteiger partial charge in [0.15, 0.2) is 11.6 Å². The molecule has 4 rings (SSSR count). The molecular weight excluding hydrogens is 563 g/mol. The number of pyridine rings is 1. The average molecular weight is 598 g/mol. The molecule has 1 saturated heterocycles. The van der Waals surface area contributed by atoms with Crippen molar-refractivity contribution in [1.82, 2.24) is 14.1 Å². The molecule has 1 aliphatic heterocycles. The van der Waals surface area contributed by atoms with Crippen LogP contribution in [0.4, 0.5) is 13.2 Å². The molecule has 3 heterocycles. The monoisotopic (exact) mass is 597 g/mol. The topological polar surface area (TPSA) is 120 Å². The van der Waals surface area contributed by atoms with Crippen molar-refractivity contribution >= 4 is 26.7 Å². The molecule has 1 N–H and O–H groups in total. The second kappa shape index (κ2) is 10.9. The lowest BCUT2D eigenvalue weighted by Crippen LogP contribution is -2.37. The third-order valence-electron chi connectivity index (χ3n) is 7.80. The summed E-state index contributed by atoms with van der Waals surface area (Å²) in [4.78, 5) is 30.9. The Morgan fingerprint density at radius 3 is 2.37 bits per heavy atom. The maximum absolute atomic E-state index is 15.6. The smallest absolute Gasteiger partial charge is 0.334 e. The fourth-order valence-corrected chi connectivity index (χ4v) is 6.74. The van der Waals surface area contributed by atoms with E-state index in [9.17, 15) is 27.5 Å². The van der Waals surface area contributed by atoms with Crippen LogP contribution in [-0.2, 0) is 9.84 Å². The lowest BCUT2D eigenvalue weighted by Gasteiger charge is -2.32. The Bertz CT molecular complexity index is 1640. The molecule has 2 atom stereocenters. The number of hydrogen-bond donors (Lipinski definition) is 1. The van der Waals surface area contributed by atoms with Gasteiger partial charge in [-0.1, -0.05) is 6.92 Å². The van der Waals surface area contributed by atoms with Crippen LogP contribution in [0, 0.1) is 17.0 Å². The van der Waals surface area contributed by atoms with Crippen LogP contribution in [0.25, 0.3) is 16.7 Å². The summed E-state index contributed by atoms with van der Waals surface area (Å²) in [5, 5.41) is 10.8. The van der Waals surface area contributed by atoms with E-state index in [1.54, 1.807) is 13.8 Å². The highest BCUT2D eigenvalue weighted by atomic mass is 32.2. The third kappa shape index (κ3) is 6.35. The minimum absolute atomic E-state index is 0.0583. The molecule has 9 nitrogen and oxygen atoms in total. The minimum Gasteiger partial charge on any atom is -0.475 e. The molecule has 0 radical (unpaired) electrons. The van der Waals surface area contributed by atoms with E-state index in [-0.39, 0.29) is 65.5 Å². The number of benzene rings is 1. The number of hydrogen-bond acceptors (Lipinski definition) is 7. The van der Waals surface area contributed by atoms with Gasteiger partial charge in [0, 0.05) is 18.6 Å². The number of ketones is 1. The van der Waals surface area contributed by atoms with E-state index in [1.807, 2.05) is 0 Å². The molecule has 224 valence electrons. The van der Waals surface area contributed by atoms with E-state index >= 15 is 8.78 Å². The maximum atomic E-state index is 15.6. The standard InChI is InChI=1S/C28H34F3N3O6S/c1-16(29)15-40-25-12-21(20(31)14-32-25)34-23-11-19(30)18(10-22(23)33(26(34)36)17(2)27(3,4)37)24(35)13-28(5)6-8-41(38,39)9-7-28/h10-12,14,16-17,37H,6-9,13,15H2,1-5H3/t16?,17-/m1/s1. The van der Waals surface area contributed by atoms with Crippen molar-refractivity contribution in [3.63, 3.8) is 0 Å². The number of alkyl halides is 1. The molecule has 1 aromatic carbocycles. The number of Topliss-reactive ketones (excluding diaryl/α,β-unsaturated/α-hetero) is 1. The Morgan fingerprint density at radius 1 is 1.15 bits per heavy atom. The summed E-state index contributed by atoms with van der Waals surface area (Å²) in [5.41, 5.74) is -3.58. The Kier molecular flexibility index (Phi) is 8.18. The van der Waals surface area contributed by atoms with Crippen molar-refractivity contribution < 1.29 is 36.2 Å². The normalized spacial score (nSPS) is 18.3. The zero-order valence-electron chi connectivity index (χ0n) is 23.6. The second-order valence-electron chi connectivity index (χ2n) is 11.8. The molecule has 0 aliphatic carbocycles. The summed E-state index contributed by atoms with van der Waals surface area (Å²) in [6, 6.07) is 2.35. The van der Waals surface area contributed by atoms with E-state index in [2.05, 4.69) is 4.98 Å². The second-order valence-corrected chi connectivity index (χ2v) is 14.1. The zero-order chi connectivity index (χ0) is 30.5. The van der Waals surface area contributed by atoms with Crippen molar-refractivity contribution in [2.75, 3.05) is 18.1 Å². The van der Waals surface area contributed by atoms with Gasteiger partial charge in [-0.2, -0.15) is 0 Å². The van der Waals surface area contributed by atoms with Crippen LogP contribution >= 0.6 is 0 Å². The number of carbonyl (C=O) groups is 1. The highest BCUT2D eigenvalue weighted by molar-refractivity contribution is 7.91. The number of aliphatic hydroxyl groups is 1. The number of nitrogens with zero attached hydrogens (tertiary/aromatic N) is 3. The number of halogens is 3. The van der Waals surface area contributed by atoms with Crippen LogP contribution in [0.1, 0.15) is 70.3 Å². The molecule has 41 heavy (non-hydrogen) atoms. The first kappa shape index (κ1) is 30.8. The van der Waals surface area contributed by atoms with Crippen molar-refractivity contribution in [3.05, 3.63) is 52.1 Å². The van der Waals surface area contributed by atoms with E-state index in [4.69, 9.17) is 4.74 Å². The minimum atomic E-state index is -3.18. The quantitative estimate of drug-likeness (QED) is 0.365. The molecule has 0 amide bonds. The van der Waals surface area contributed by atoms with E-state index < -0.39 is 56.2 Å². The summed E-state index contributed by atoms with van der Waals surface area (Å²) < 4.78 is 75.0. The van der Waals surface area contributed by atoms with Crippen LogP contribution in [-0.4, -0.2) is 63.3 Å². The van der Waals surface area contributed by atoms with Gasteiger partial charge in [0.25, 0.3) is 0 Å². The Hall–Kier alpha value is -3.19. The van der Waals surface area contributed by atoms with Crippen molar-refractivity contribution in [2.45, 2.75) is 71.7 Å². The molecule has 1 fully saturated rings. The summed E-state index contributed by atoms with van der Waals surface area (Å²) in [6.45, 7) is 7.18. The van der Waals surface area contributed by atoms with Crippen LogP contribution in [0.15, 0.2) is 29.2 Å². The van der Waals surface area contributed by atoms with E-state index in [0.29, 0.717) is 0 Å². The first-order valence-electron chi connectivity index (χ1n) is 13.3. The lowest BCUT2D eigenvalue weighted by atomic mass is 9.78.